The molecule has 0 amide bonds. The van der Waals surface area contributed by atoms with Crippen molar-refractivity contribution in [2.24, 2.45) is 0 Å². The van der Waals surface area contributed by atoms with E-state index in [1.807, 2.05) is 0 Å². The van der Waals surface area contributed by atoms with Crippen LogP contribution in [0, 0.1) is 0 Å². The van der Waals surface area contributed by atoms with Gasteiger partial charge in [0.1, 0.15) is 6.61 Å². The number of thiol groups is 1. The summed E-state index contributed by atoms with van der Waals surface area (Å²) in [7, 11) is 0. The number of hydrogen-bond donors (Lipinski definition) is 2. The van der Waals surface area contributed by atoms with Crippen molar-refractivity contribution >= 4 is 34.7 Å². The minimum absolute atomic E-state index is 0.119. The van der Waals surface area contributed by atoms with Gasteiger partial charge in [-0.25, -0.2) is 8.88 Å². The summed E-state index contributed by atoms with van der Waals surface area (Å²) in [4.78, 5) is 11.1. The molecule has 0 bridgehead atoms. The fourth-order valence-corrected chi connectivity index (χ4v) is 2.06. The number of ether oxygens (including phenoxy) is 1. The maximum Gasteiger partial charge on any atom is 0.336 e. The van der Waals surface area contributed by atoms with Gasteiger partial charge in [-0.3, -0.25) is 0 Å². The highest BCUT2D eigenvalue weighted by atomic mass is 79.9. The number of benzene rings is 1. The van der Waals surface area contributed by atoms with Crippen molar-refractivity contribution in [2.75, 3.05) is 0 Å². The highest BCUT2D eigenvalue weighted by molar-refractivity contribution is 9.10. The van der Waals surface area contributed by atoms with E-state index < -0.39 is 5.97 Å². The molecule has 0 radical (unpaired) electrons. The molecule has 0 saturated heterocycles. The van der Waals surface area contributed by atoms with E-state index in [1.54, 1.807) is 24.4 Å². The van der Waals surface area contributed by atoms with Gasteiger partial charge in [0, 0.05) is 22.3 Å². The molecular formula is C11H9BrN2O3S. The molecule has 2 rings (SSSR count). The van der Waals surface area contributed by atoms with Crippen LogP contribution in [-0.4, -0.2) is 20.3 Å². The molecule has 0 atom stereocenters. The van der Waals surface area contributed by atoms with Crippen LogP contribution in [0.15, 0.2) is 34.9 Å². The van der Waals surface area contributed by atoms with Crippen molar-refractivity contribution in [1.82, 2.24) is 9.19 Å². The fraction of sp³-hybridized carbons (Fsp3) is 0.0909. The van der Waals surface area contributed by atoms with Crippen molar-refractivity contribution in [3.63, 3.8) is 0 Å². The van der Waals surface area contributed by atoms with E-state index in [0.29, 0.717) is 15.9 Å². The highest BCUT2D eigenvalue weighted by Crippen LogP contribution is 2.22. The second-order valence-corrected chi connectivity index (χ2v) is 4.70. The van der Waals surface area contributed by atoms with Crippen LogP contribution in [-0.2, 0) is 6.61 Å². The molecule has 0 aliphatic carbocycles. The van der Waals surface area contributed by atoms with Gasteiger partial charge in [0.05, 0.1) is 5.56 Å². The summed E-state index contributed by atoms with van der Waals surface area (Å²) in [5, 5.41) is 13.0. The summed E-state index contributed by atoms with van der Waals surface area (Å²) in [6, 6.07) is 6.61. The molecule has 0 aliphatic rings. The molecule has 7 heteroatoms. The monoisotopic (exact) mass is 328 g/mol. The van der Waals surface area contributed by atoms with Crippen LogP contribution in [0.3, 0.4) is 0 Å². The fourth-order valence-electron chi connectivity index (χ4n) is 1.43. The molecule has 0 unspecified atom stereocenters. The predicted octanol–water partition coefficient (Wildman–Crippen LogP) is 2.62. The first-order valence-corrected chi connectivity index (χ1v) is 6.15. The summed E-state index contributed by atoms with van der Waals surface area (Å²) < 4.78 is 7.41. The van der Waals surface area contributed by atoms with Crippen LogP contribution in [0.1, 0.15) is 15.9 Å². The zero-order valence-corrected chi connectivity index (χ0v) is 11.6. The third-order valence-corrected chi connectivity index (χ3v) is 3.23. The van der Waals surface area contributed by atoms with Gasteiger partial charge in [-0.2, -0.15) is 0 Å². The maximum atomic E-state index is 11.1. The Morgan fingerprint density at radius 1 is 1.50 bits per heavy atom. The van der Waals surface area contributed by atoms with Crippen molar-refractivity contribution in [3.8, 4) is 5.88 Å². The summed E-state index contributed by atoms with van der Waals surface area (Å²) >= 11 is 7.29. The molecule has 5 nitrogen and oxygen atoms in total. The first-order valence-electron chi connectivity index (χ1n) is 4.96. The number of rotatable bonds is 4. The lowest BCUT2D eigenvalue weighted by Crippen LogP contribution is -2.06. The van der Waals surface area contributed by atoms with E-state index >= 15 is 0 Å². The normalized spacial score (nSPS) is 10.3. The standard InChI is InChI=1S/C11H9BrN2O3S/c12-9-3-1-2-7(11(15)16)8(9)6-17-10-4-5-14(18)13-10/h1-5,18H,6H2,(H,15,16). The molecule has 2 aromatic rings. The van der Waals surface area contributed by atoms with Gasteiger partial charge in [0.2, 0.25) is 5.88 Å². The Kier molecular flexibility index (Phi) is 3.93. The van der Waals surface area contributed by atoms with Gasteiger partial charge in [0.25, 0.3) is 0 Å². The lowest BCUT2D eigenvalue weighted by molar-refractivity contribution is 0.0693. The summed E-state index contributed by atoms with van der Waals surface area (Å²) in [6.45, 7) is 0.119. The second kappa shape index (κ2) is 5.45. The molecule has 0 saturated carbocycles. The number of aromatic nitrogens is 2. The van der Waals surface area contributed by atoms with E-state index in [0.717, 1.165) is 0 Å². The molecule has 1 aromatic carbocycles. The van der Waals surface area contributed by atoms with E-state index in [-0.39, 0.29) is 12.2 Å². The molecule has 0 fully saturated rings. The molecule has 1 N–H and O–H groups in total. The minimum Gasteiger partial charge on any atom is -0.478 e. The molecule has 94 valence electrons. The first-order chi connectivity index (χ1) is 8.58. The minimum atomic E-state index is -0.991. The van der Waals surface area contributed by atoms with Crippen LogP contribution >= 0.6 is 28.7 Å². The SMILES string of the molecule is O=C(O)c1cccc(Br)c1COc1ccn(S)n1. The van der Waals surface area contributed by atoms with Gasteiger partial charge in [-0.15, -0.1) is 5.10 Å². The van der Waals surface area contributed by atoms with Crippen molar-refractivity contribution in [1.29, 1.82) is 0 Å². The molecule has 18 heavy (non-hydrogen) atoms. The average molecular weight is 329 g/mol. The maximum absolute atomic E-state index is 11.1. The summed E-state index contributed by atoms with van der Waals surface area (Å²) in [5.74, 6) is -0.605. The quantitative estimate of drug-likeness (QED) is 0.847. The van der Waals surface area contributed by atoms with Gasteiger partial charge in [-0.1, -0.05) is 22.0 Å². The number of carboxylic acids is 1. The van der Waals surface area contributed by atoms with Gasteiger partial charge >= 0.3 is 5.97 Å². The van der Waals surface area contributed by atoms with E-state index in [9.17, 15) is 4.79 Å². The first kappa shape index (κ1) is 13.0. The Bertz CT molecular complexity index is 585. The lowest BCUT2D eigenvalue weighted by atomic mass is 10.1. The Morgan fingerprint density at radius 2 is 2.28 bits per heavy atom. The topological polar surface area (TPSA) is 64.3 Å². The summed E-state index contributed by atoms with van der Waals surface area (Å²) in [6.07, 6.45) is 1.62. The van der Waals surface area contributed by atoms with E-state index in [1.165, 1.54) is 10.2 Å². The Labute approximate surface area is 117 Å². The number of halogens is 1. The molecule has 1 aromatic heterocycles. The van der Waals surface area contributed by atoms with Crippen LogP contribution in [0.2, 0.25) is 0 Å². The number of nitrogens with zero attached hydrogens (tertiary/aromatic N) is 2. The second-order valence-electron chi connectivity index (χ2n) is 3.43. The highest BCUT2D eigenvalue weighted by Gasteiger charge is 2.13. The number of carboxylic acid groups (broad SMARTS) is 1. The van der Waals surface area contributed by atoms with Crippen molar-refractivity contribution < 1.29 is 14.6 Å². The van der Waals surface area contributed by atoms with Gasteiger partial charge in [-0.05, 0) is 24.9 Å². The van der Waals surface area contributed by atoms with Crippen LogP contribution < -0.4 is 4.74 Å². The summed E-state index contributed by atoms with van der Waals surface area (Å²) in [5.41, 5.74) is 0.772. The predicted molar refractivity (Wildman–Crippen MR) is 72.0 cm³/mol. The average Bonchev–Trinajstić information content (AvgIpc) is 2.73. The third kappa shape index (κ3) is 2.85. The van der Waals surface area contributed by atoms with Crippen molar-refractivity contribution in [2.45, 2.75) is 6.61 Å². The smallest absolute Gasteiger partial charge is 0.336 e. The van der Waals surface area contributed by atoms with E-state index in [2.05, 4.69) is 33.8 Å². The zero-order valence-electron chi connectivity index (χ0n) is 9.08. The Balaban J connectivity index is 2.20. The van der Waals surface area contributed by atoms with Crippen molar-refractivity contribution in [3.05, 3.63) is 46.1 Å². The molecule has 1 heterocycles. The zero-order chi connectivity index (χ0) is 13.1. The largest absolute Gasteiger partial charge is 0.478 e. The molecule has 0 spiro atoms. The number of aromatic carboxylic acids is 1. The Hall–Kier alpha value is -1.47. The molecular weight excluding hydrogens is 320 g/mol. The number of carbonyl (C=O) groups is 1. The van der Waals surface area contributed by atoms with Crippen LogP contribution in [0.25, 0.3) is 0 Å². The molecule has 0 aliphatic heterocycles. The van der Waals surface area contributed by atoms with Crippen LogP contribution in [0.5, 0.6) is 5.88 Å². The van der Waals surface area contributed by atoms with E-state index in [4.69, 9.17) is 9.84 Å². The lowest BCUT2D eigenvalue weighted by Gasteiger charge is -2.08. The number of hydrogen-bond acceptors (Lipinski definition) is 4. The Morgan fingerprint density at radius 3 is 2.89 bits per heavy atom. The van der Waals surface area contributed by atoms with Gasteiger partial charge in [0.15, 0.2) is 0 Å². The van der Waals surface area contributed by atoms with Gasteiger partial charge < -0.3 is 9.84 Å². The third-order valence-electron chi connectivity index (χ3n) is 2.27. The van der Waals surface area contributed by atoms with Crippen LogP contribution in [0.4, 0.5) is 0 Å².